The number of nitrogens with one attached hydrogen (secondary N) is 1. The molecule has 1 N–H and O–H groups in total. The molecule has 0 radical (unpaired) electrons. The molecule has 0 unspecified atom stereocenters. The predicted octanol–water partition coefficient (Wildman–Crippen LogP) is 1.84. The van der Waals surface area contributed by atoms with Gasteiger partial charge in [0.1, 0.15) is 0 Å². The molecule has 0 spiro atoms. The van der Waals surface area contributed by atoms with Crippen LogP contribution in [0.25, 0.3) is 0 Å². The van der Waals surface area contributed by atoms with E-state index in [1.165, 1.54) is 26.2 Å². The molecule has 1 saturated heterocycles. The molecule has 1 atom stereocenters. The maximum Gasteiger partial charge on any atom is 0.339 e. The molecular formula is C16H19ClN2O6. The number of halogens is 1. The molecule has 0 bridgehead atoms. The third-order valence-corrected chi connectivity index (χ3v) is 3.79. The largest absolute Gasteiger partial charge is 0.493 e. The minimum atomic E-state index is -1.12. The molecule has 9 heteroatoms. The van der Waals surface area contributed by atoms with Gasteiger partial charge in [0, 0.05) is 13.1 Å². The number of imide groups is 1. The monoisotopic (exact) mass is 370 g/mol. The zero-order valence-electron chi connectivity index (χ0n) is 14.1. The molecule has 136 valence electrons. The van der Waals surface area contributed by atoms with Crippen molar-refractivity contribution >= 4 is 29.5 Å². The fourth-order valence-corrected chi connectivity index (χ4v) is 2.57. The van der Waals surface area contributed by atoms with Gasteiger partial charge in [-0.3, -0.25) is 9.69 Å². The topological polar surface area (TPSA) is 94.2 Å². The van der Waals surface area contributed by atoms with Gasteiger partial charge in [-0.25, -0.2) is 9.59 Å². The third kappa shape index (κ3) is 4.14. The maximum absolute atomic E-state index is 12.3. The van der Waals surface area contributed by atoms with Crippen LogP contribution in [0.3, 0.4) is 0 Å². The first-order valence-corrected chi connectivity index (χ1v) is 8.07. The summed E-state index contributed by atoms with van der Waals surface area (Å²) in [5.41, 5.74) is 0.107. The summed E-state index contributed by atoms with van der Waals surface area (Å²) in [6, 6.07) is 2.29. The number of rotatable bonds is 6. The summed E-state index contributed by atoms with van der Waals surface area (Å²) in [5.74, 6) is -0.753. The number of hydrogen-bond donors (Lipinski definition) is 1. The smallest absolute Gasteiger partial charge is 0.339 e. The lowest BCUT2D eigenvalue weighted by atomic mass is 10.2. The number of nitrogens with zero attached hydrogens (tertiary/aromatic N) is 1. The maximum atomic E-state index is 12.3. The van der Waals surface area contributed by atoms with Crippen LogP contribution >= 0.6 is 11.6 Å². The molecule has 2 rings (SSSR count). The summed E-state index contributed by atoms with van der Waals surface area (Å²) in [5, 5.41) is 2.70. The summed E-state index contributed by atoms with van der Waals surface area (Å²) in [7, 11) is 1.42. The van der Waals surface area contributed by atoms with Crippen LogP contribution in [-0.4, -0.2) is 55.7 Å². The summed E-state index contributed by atoms with van der Waals surface area (Å²) < 4.78 is 15.7. The van der Waals surface area contributed by atoms with Crippen molar-refractivity contribution in [1.82, 2.24) is 10.2 Å². The lowest BCUT2D eigenvalue weighted by Crippen LogP contribution is -2.41. The Labute approximate surface area is 150 Å². The van der Waals surface area contributed by atoms with Gasteiger partial charge in [-0.1, -0.05) is 11.6 Å². The molecular weight excluding hydrogens is 352 g/mol. The average molecular weight is 371 g/mol. The van der Waals surface area contributed by atoms with Gasteiger partial charge in [0.05, 0.1) is 24.3 Å². The van der Waals surface area contributed by atoms with Crippen molar-refractivity contribution in [3.8, 4) is 11.5 Å². The number of urea groups is 1. The second kappa shape index (κ2) is 8.06. The zero-order valence-corrected chi connectivity index (χ0v) is 14.9. The van der Waals surface area contributed by atoms with Crippen LogP contribution in [0, 0.1) is 0 Å². The number of amides is 3. The second-order valence-corrected chi connectivity index (χ2v) is 5.60. The third-order valence-electron chi connectivity index (χ3n) is 3.51. The van der Waals surface area contributed by atoms with Crippen molar-refractivity contribution in [3.63, 3.8) is 0 Å². The van der Waals surface area contributed by atoms with Crippen LogP contribution in [0.2, 0.25) is 5.02 Å². The lowest BCUT2D eigenvalue weighted by Gasteiger charge is -2.18. The number of carbonyl (C=O) groups is 3. The normalized spacial score (nSPS) is 14.7. The first-order chi connectivity index (χ1) is 11.9. The quantitative estimate of drug-likeness (QED) is 0.768. The fraction of sp³-hybridized carbons (Fsp3) is 0.438. The molecule has 0 aliphatic carbocycles. The van der Waals surface area contributed by atoms with Gasteiger partial charge in [0.25, 0.3) is 5.91 Å². The summed E-state index contributed by atoms with van der Waals surface area (Å²) in [6.07, 6.45) is -1.12. The van der Waals surface area contributed by atoms with E-state index in [0.717, 1.165) is 4.90 Å². The molecule has 1 heterocycles. The van der Waals surface area contributed by atoms with E-state index in [2.05, 4.69) is 5.32 Å². The minimum absolute atomic E-state index is 0.107. The Morgan fingerprint density at radius 1 is 1.40 bits per heavy atom. The number of hydrogen-bond acceptors (Lipinski definition) is 6. The van der Waals surface area contributed by atoms with E-state index >= 15 is 0 Å². The Hall–Kier alpha value is -2.48. The summed E-state index contributed by atoms with van der Waals surface area (Å²) in [6.45, 7) is 4.18. The lowest BCUT2D eigenvalue weighted by molar-refractivity contribution is -0.136. The standard InChI is InChI=1S/C16H19ClN2O6/c1-4-24-13-11(17)7-10(8-12(13)23-3)15(21)25-9(2)14(20)19-6-5-18-16(19)22/h7-9H,4-6H2,1-3H3,(H,18,22)/t9-/m0/s1. The SMILES string of the molecule is CCOc1c(Cl)cc(C(=O)O[C@@H](C)C(=O)N2CCNC2=O)cc1OC. The molecule has 8 nitrogen and oxygen atoms in total. The van der Waals surface area contributed by atoms with Gasteiger partial charge < -0.3 is 19.5 Å². The zero-order chi connectivity index (χ0) is 18.6. The van der Waals surface area contributed by atoms with Gasteiger partial charge in [-0.2, -0.15) is 0 Å². The number of methoxy groups -OCH3 is 1. The predicted molar refractivity (Wildman–Crippen MR) is 89.2 cm³/mol. The van der Waals surface area contributed by atoms with Crippen molar-refractivity contribution in [3.05, 3.63) is 22.7 Å². The highest BCUT2D eigenvalue weighted by Crippen LogP contribution is 2.36. The first-order valence-electron chi connectivity index (χ1n) is 7.69. The molecule has 1 fully saturated rings. The number of benzene rings is 1. The van der Waals surface area contributed by atoms with Crippen LogP contribution in [0.15, 0.2) is 12.1 Å². The molecule has 1 aromatic rings. The highest BCUT2D eigenvalue weighted by atomic mass is 35.5. The molecule has 1 aliphatic rings. The van der Waals surface area contributed by atoms with Crippen molar-refractivity contribution in [2.45, 2.75) is 20.0 Å². The van der Waals surface area contributed by atoms with E-state index in [9.17, 15) is 14.4 Å². The fourth-order valence-electron chi connectivity index (χ4n) is 2.30. The van der Waals surface area contributed by atoms with Crippen LogP contribution in [-0.2, 0) is 9.53 Å². The number of esters is 1. The first kappa shape index (κ1) is 18.9. The second-order valence-electron chi connectivity index (χ2n) is 5.19. The molecule has 25 heavy (non-hydrogen) atoms. The Morgan fingerprint density at radius 3 is 2.68 bits per heavy atom. The highest BCUT2D eigenvalue weighted by Gasteiger charge is 2.32. The van der Waals surface area contributed by atoms with E-state index in [4.69, 9.17) is 25.8 Å². The van der Waals surface area contributed by atoms with Crippen molar-refractivity contribution < 1.29 is 28.6 Å². The Kier molecular flexibility index (Phi) is 6.08. The average Bonchev–Trinajstić information content (AvgIpc) is 3.01. The molecule has 3 amide bonds. The van der Waals surface area contributed by atoms with Crippen molar-refractivity contribution in [1.29, 1.82) is 0 Å². The van der Waals surface area contributed by atoms with Gasteiger partial charge in [0.15, 0.2) is 17.6 Å². The van der Waals surface area contributed by atoms with Gasteiger partial charge in [-0.05, 0) is 26.0 Å². The number of ether oxygens (including phenoxy) is 3. The van der Waals surface area contributed by atoms with Crippen LogP contribution < -0.4 is 14.8 Å². The summed E-state index contributed by atoms with van der Waals surface area (Å²) in [4.78, 5) is 37.0. The van der Waals surface area contributed by atoms with Gasteiger partial charge >= 0.3 is 12.0 Å². The van der Waals surface area contributed by atoms with Gasteiger partial charge in [-0.15, -0.1) is 0 Å². The van der Waals surface area contributed by atoms with Crippen LogP contribution in [0.4, 0.5) is 4.79 Å². The van der Waals surface area contributed by atoms with Crippen molar-refractivity contribution in [2.75, 3.05) is 26.8 Å². The van der Waals surface area contributed by atoms with Crippen molar-refractivity contribution in [2.24, 2.45) is 0 Å². The van der Waals surface area contributed by atoms with E-state index in [0.29, 0.717) is 18.9 Å². The highest BCUT2D eigenvalue weighted by molar-refractivity contribution is 6.32. The Bertz CT molecular complexity index is 693. The Balaban J connectivity index is 2.13. The Morgan fingerprint density at radius 2 is 2.12 bits per heavy atom. The minimum Gasteiger partial charge on any atom is -0.493 e. The summed E-state index contributed by atoms with van der Waals surface area (Å²) >= 11 is 6.12. The van der Waals surface area contributed by atoms with E-state index in [-0.39, 0.29) is 22.9 Å². The molecule has 1 aliphatic heterocycles. The number of carbonyl (C=O) groups excluding carboxylic acids is 3. The van der Waals surface area contributed by atoms with Gasteiger partial charge in [0.2, 0.25) is 0 Å². The van der Waals surface area contributed by atoms with Crippen LogP contribution in [0.5, 0.6) is 11.5 Å². The molecule has 1 aromatic carbocycles. The van der Waals surface area contributed by atoms with E-state index in [1.807, 2.05) is 0 Å². The van der Waals surface area contributed by atoms with E-state index < -0.39 is 24.0 Å². The molecule has 0 saturated carbocycles. The molecule has 0 aromatic heterocycles. The van der Waals surface area contributed by atoms with Crippen LogP contribution in [0.1, 0.15) is 24.2 Å². The van der Waals surface area contributed by atoms with E-state index in [1.54, 1.807) is 6.92 Å².